The van der Waals surface area contributed by atoms with Crippen LogP contribution in [0.5, 0.6) is 0 Å². The summed E-state index contributed by atoms with van der Waals surface area (Å²) in [6.07, 6.45) is 11.2. The number of benzene rings is 1. The maximum absolute atomic E-state index is 12.2. The molecule has 1 aromatic rings. The maximum Gasteiger partial charge on any atom is 0.126 e. The fraction of sp³-hybridized carbons (Fsp3) is 0.739. The van der Waals surface area contributed by atoms with Gasteiger partial charge >= 0.3 is 0 Å². The normalized spacial score (nSPS) is 43.1. The van der Waals surface area contributed by atoms with Crippen LogP contribution in [0.1, 0.15) is 68.1 Å². The molecule has 0 aromatic heterocycles. The molecule has 0 amide bonds. The van der Waals surface area contributed by atoms with E-state index in [-0.39, 0.29) is 5.41 Å². The van der Waals surface area contributed by atoms with Crippen LogP contribution in [-0.4, -0.2) is 41.4 Å². The highest BCUT2D eigenvalue weighted by molar-refractivity contribution is 5.45. The van der Waals surface area contributed by atoms with Gasteiger partial charge in [-0.3, -0.25) is 0 Å². The molecule has 3 fully saturated rings. The number of likely N-dealkylation sites (N-methyl/N-ethyl adjacent to an activating group) is 1. The smallest absolute Gasteiger partial charge is 0.126 e. The maximum atomic E-state index is 12.2. The molecule has 2 heteroatoms. The predicted molar refractivity (Wildman–Crippen MR) is 102 cm³/mol. The minimum Gasteiger partial charge on any atom is -0.383 e. The zero-order valence-electron chi connectivity index (χ0n) is 16.1. The van der Waals surface area contributed by atoms with Crippen molar-refractivity contribution in [2.45, 2.75) is 81.8 Å². The average Bonchev–Trinajstić information content (AvgIpc) is 2.55. The Morgan fingerprint density at radius 1 is 1.12 bits per heavy atom. The summed E-state index contributed by atoms with van der Waals surface area (Å²) in [6.45, 7) is 4.77. The number of hydrogen-bond donors (Lipinski definition) is 1. The van der Waals surface area contributed by atoms with Gasteiger partial charge in [0, 0.05) is 24.2 Å². The summed E-state index contributed by atoms with van der Waals surface area (Å²) < 4.78 is 1.12. The van der Waals surface area contributed by atoms with Crippen LogP contribution in [0, 0.1) is 12.8 Å². The van der Waals surface area contributed by atoms with E-state index in [2.05, 4.69) is 32.2 Å². The van der Waals surface area contributed by atoms with E-state index in [1.165, 1.54) is 69.2 Å². The van der Waals surface area contributed by atoms with Crippen molar-refractivity contribution in [2.75, 3.05) is 20.1 Å². The van der Waals surface area contributed by atoms with E-state index in [0.717, 1.165) is 23.2 Å². The number of rotatable bonds is 2. The molecule has 0 spiro atoms. The molecule has 5 rings (SSSR count). The van der Waals surface area contributed by atoms with Gasteiger partial charge in [-0.25, -0.2) is 0 Å². The number of nitrogens with zero attached hydrogens (tertiary/aromatic N) is 1. The lowest BCUT2D eigenvalue weighted by Gasteiger charge is -2.66. The van der Waals surface area contributed by atoms with Crippen molar-refractivity contribution in [2.24, 2.45) is 5.92 Å². The summed E-state index contributed by atoms with van der Waals surface area (Å²) in [5.74, 6) is 0.907. The van der Waals surface area contributed by atoms with Crippen molar-refractivity contribution < 1.29 is 9.59 Å². The summed E-state index contributed by atoms with van der Waals surface area (Å²) in [7, 11) is 2.47. The second kappa shape index (κ2) is 5.33. The van der Waals surface area contributed by atoms with Gasteiger partial charge in [0.2, 0.25) is 0 Å². The zero-order valence-corrected chi connectivity index (χ0v) is 16.1. The van der Waals surface area contributed by atoms with Crippen molar-refractivity contribution in [1.82, 2.24) is 0 Å². The molecule has 1 aliphatic heterocycles. The third kappa shape index (κ3) is 2.10. The minimum atomic E-state index is -0.483. The molecule has 2 saturated carbocycles. The molecule has 1 aromatic carbocycles. The number of likely N-dealkylation sites (tertiary alicyclic amines) is 1. The lowest BCUT2D eigenvalue weighted by molar-refractivity contribution is -0.952. The molecular weight excluding hydrogens is 306 g/mol. The summed E-state index contributed by atoms with van der Waals surface area (Å²) >= 11 is 0. The van der Waals surface area contributed by atoms with Crippen LogP contribution in [0.15, 0.2) is 18.2 Å². The van der Waals surface area contributed by atoms with Crippen LogP contribution < -0.4 is 0 Å². The van der Waals surface area contributed by atoms with Crippen LogP contribution in [-0.2, 0) is 11.8 Å². The van der Waals surface area contributed by atoms with Crippen molar-refractivity contribution in [3.05, 3.63) is 34.9 Å². The average molecular weight is 341 g/mol. The third-order valence-electron chi connectivity index (χ3n) is 8.69. The quantitative estimate of drug-likeness (QED) is 0.803. The SMILES string of the molecule is Cc1ccc2c(c1)[C@@]13CCCCC1(O)C(C2)[N@@+](C)(CC1CCC1)CC3. The van der Waals surface area contributed by atoms with Crippen molar-refractivity contribution in [1.29, 1.82) is 0 Å². The molecule has 2 nitrogen and oxygen atoms in total. The molecule has 1 N–H and O–H groups in total. The third-order valence-corrected chi connectivity index (χ3v) is 8.69. The monoisotopic (exact) mass is 340 g/mol. The number of piperidine rings is 1. The van der Waals surface area contributed by atoms with Gasteiger partial charge in [-0.15, -0.1) is 0 Å². The van der Waals surface area contributed by atoms with Gasteiger partial charge in [0.25, 0.3) is 0 Å². The molecule has 4 aliphatic rings. The van der Waals surface area contributed by atoms with E-state index in [9.17, 15) is 5.11 Å². The Balaban J connectivity index is 1.63. The number of hydrogen-bond acceptors (Lipinski definition) is 1. The zero-order chi connectivity index (χ0) is 17.3. The van der Waals surface area contributed by atoms with Crippen LogP contribution in [0.2, 0.25) is 0 Å². The first-order valence-electron chi connectivity index (χ1n) is 10.6. The van der Waals surface area contributed by atoms with Crippen LogP contribution in [0.3, 0.4) is 0 Å². The standard InChI is InChI=1S/C23H34NO/c1-17-8-9-19-15-21-23(25)11-4-3-10-22(23,20(19)14-17)12-13-24(21,2)16-18-6-5-7-18/h8-9,14,18,21,25H,3-7,10-13,15-16H2,1-2H3/q+1/t21?,22-,23?,24+/m0/s1. The molecule has 1 heterocycles. The first kappa shape index (κ1) is 16.3. The topological polar surface area (TPSA) is 20.2 Å². The predicted octanol–water partition coefficient (Wildman–Crippen LogP) is 4.11. The molecular formula is C23H34NO+. The first-order valence-corrected chi connectivity index (χ1v) is 10.6. The van der Waals surface area contributed by atoms with Crippen molar-refractivity contribution in [3.63, 3.8) is 0 Å². The van der Waals surface area contributed by atoms with Gasteiger partial charge in [-0.05, 0) is 43.7 Å². The molecule has 1 saturated heterocycles. The number of quaternary nitrogens is 1. The molecule has 136 valence electrons. The van der Waals surface area contributed by atoms with Crippen LogP contribution in [0.4, 0.5) is 0 Å². The van der Waals surface area contributed by atoms with Gasteiger partial charge < -0.3 is 9.59 Å². The highest BCUT2D eigenvalue weighted by atomic mass is 16.3. The highest BCUT2D eigenvalue weighted by Crippen LogP contribution is 2.59. The van der Waals surface area contributed by atoms with E-state index in [4.69, 9.17) is 0 Å². The van der Waals surface area contributed by atoms with Gasteiger partial charge in [0.05, 0.1) is 20.1 Å². The van der Waals surface area contributed by atoms with Crippen LogP contribution >= 0.6 is 0 Å². The Kier molecular flexibility index (Phi) is 3.48. The lowest BCUT2D eigenvalue weighted by Crippen LogP contribution is -2.78. The number of aliphatic hydroxyl groups is 1. The highest BCUT2D eigenvalue weighted by Gasteiger charge is 2.68. The Morgan fingerprint density at radius 3 is 2.68 bits per heavy atom. The molecule has 0 radical (unpaired) electrons. The largest absolute Gasteiger partial charge is 0.383 e. The van der Waals surface area contributed by atoms with Gasteiger partial charge in [-0.1, -0.05) is 43.0 Å². The molecule has 3 aliphatic carbocycles. The number of fused-ring (bicyclic) bond motifs is 1. The molecule has 25 heavy (non-hydrogen) atoms. The Bertz CT molecular complexity index is 695. The fourth-order valence-corrected chi connectivity index (χ4v) is 7.12. The fourth-order valence-electron chi connectivity index (χ4n) is 7.12. The second-order valence-corrected chi connectivity index (χ2v) is 10.0. The van der Waals surface area contributed by atoms with Gasteiger partial charge in [0.1, 0.15) is 11.6 Å². The van der Waals surface area contributed by atoms with E-state index < -0.39 is 5.60 Å². The Labute approximate surface area is 152 Å². The summed E-state index contributed by atoms with van der Waals surface area (Å²) in [5, 5.41) is 12.2. The molecule has 2 unspecified atom stereocenters. The Morgan fingerprint density at radius 2 is 1.92 bits per heavy atom. The lowest BCUT2D eigenvalue weighted by atomic mass is 9.49. The summed E-state index contributed by atoms with van der Waals surface area (Å²) in [4.78, 5) is 0. The van der Waals surface area contributed by atoms with Gasteiger partial charge in [-0.2, -0.15) is 0 Å². The van der Waals surface area contributed by atoms with E-state index in [1.54, 1.807) is 5.56 Å². The minimum absolute atomic E-state index is 0.0346. The summed E-state index contributed by atoms with van der Waals surface area (Å²) in [6, 6.07) is 7.49. The van der Waals surface area contributed by atoms with E-state index in [1.807, 2.05) is 0 Å². The number of aryl methyl sites for hydroxylation is 1. The molecule has 2 bridgehead atoms. The summed E-state index contributed by atoms with van der Waals surface area (Å²) in [5.41, 5.74) is 3.97. The first-order chi connectivity index (χ1) is 12.0. The van der Waals surface area contributed by atoms with Crippen LogP contribution in [0.25, 0.3) is 0 Å². The van der Waals surface area contributed by atoms with Gasteiger partial charge in [0.15, 0.2) is 0 Å². The Hall–Kier alpha value is -0.860. The van der Waals surface area contributed by atoms with E-state index >= 15 is 0 Å². The van der Waals surface area contributed by atoms with Crippen molar-refractivity contribution >= 4 is 0 Å². The van der Waals surface area contributed by atoms with Crippen molar-refractivity contribution in [3.8, 4) is 0 Å². The van der Waals surface area contributed by atoms with E-state index in [0.29, 0.717) is 6.04 Å². The molecule has 4 atom stereocenters. The second-order valence-electron chi connectivity index (χ2n) is 10.0.